The number of oxime groups is 1. The quantitative estimate of drug-likeness (QED) is 0.328. The molecule has 1 rings (SSSR count). The Labute approximate surface area is 114 Å². The zero-order valence-electron chi connectivity index (χ0n) is 11.7. The minimum atomic E-state index is 0.000862. The van der Waals surface area contributed by atoms with Gasteiger partial charge in [-0.2, -0.15) is 0 Å². The Bertz CT molecular complexity index is 390. The van der Waals surface area contributed by atoms with E-state index in [0.29, 0.717) is 24.0 Å². The molecule has 19 heavy (non-hydrogen) atoms. The molecule has 0 spiro atoms. The van der Waals surface area contributed by atoms with Crippen molar-refractivity contribution in [2.75, 3.05) is 6.61 Å². The van der Waals surface area contributed by atoms with E-state index in [2.05, 4.69) is 24.0 Å². The lowest BCUT2D eigenvalue weighted by Crippen LogP contribution is -2.15. The molecule has 5 heteroatoms. The van der Waals surface area contributed by atoms with E-state index in [1.165, 1.54) is 19.3 Å². The van der Waals surface area contributed by atoms with Gasteiger partial charge in [0.15, 0.2) is 5.84 Å². The Kier molecular flexibility index (Phi) is 6.71. The second-order valence-corrected chi connectivity index (χ2v) is 4.59. The maximum Gasteiger partial charge on any atom is 0.188 e. The number of nitrogens with two attached hydrogens (primary N) is 1. The molecule has 1 heterocycles. The molecule has 0 aliphatic heterocycles. The highest BCUT2D eigenvalue weighted by Crippen LogP contribution is 2.16. The van der Waals surface area contributed by atoms with Crippen LogP contribution in [0.25, 0.3) is 0 Å². The van der Waals surface area contributed by atoms with Crippen molar-refractivity contribution in [2.24, 2.45) is 16.8 Å². The number of unbranched alkanes of at least 4 members (excludes halogenated alkanes) is 1. The minimum Gasteiger partial charge on any atom is -0.492 e. The van der Waals surface area contributed by atoms with E-state index in [4.69, 9.17) is 15.7 Å². The number of hydrogen-bond acceptors (Lipinski definition) is 4. The van der Waals surface area contributed by atoms with Gasteiger partial charge < -0.3 is 15.7 Å². The molecule has 1 atom stereocenters. The van der Waals surface area contributed by atoms with Crippen molar-refractivity contribution >= 4 is 5.84 Å². The summed E-state index contributed by atoms with van der Waals surface area (Å²) in [6.45, 7) is 5.09. The summed E-state index contributed by atoms with van der Waals surface area (Å²) in [5.74, 6) is 1.30. The lowest BCUT2D eigenvalue weighted by Gasteiger charge is -2.15. The van der Waals surface area contributed by atoms with Crippen molar-refractivity contribution in [3.8, 4) is 5.75 Å². The molecule has 0 aromatic carbocycles. The summed E-state index contributed by atoms with van der Waals surface area (Å²) in [6, 6.07) is 3.46. The molecule has 0 saturated heterocycles. The molecule has 0 saturated carbocycles. The van der Waals surface area contributed by atoms with Crippen LogP contribution in [0.5, 0.6) is 5.75 Å². The first-order valence-corrected chi connectivity index (χ1v) is 6.78. The molecule has 0 aliphatic rings. The Balaban J connectivity index is 2.49. The number of ether oxygens (including phenoxy) is 1. The summed E-state index contributed by atoms with van der Waals surface area (Å²) < 4.78 is 5.72. The molecule has 0 fully saturated rings. The number of nitrogens with zero attached hydrogens (tertiary/aromatic N) is 2. The van der Waals surface area contributed by atoms with E-state index in [1.807, 2.05) is 0 Å². The highest BCUT2D eigenvalue weighted by molar-refractivity contribution is 5.95. The van der Waals surface area contributed by atoms with Crippen LogP contribution in [0, 0.1) is 5.92 Å². The van der Waals surface area contributed by atoms with Crippen molar-refractivity contribution < 1.29 is 9.94 Å². The molecule has 1 aromatic heterocycles. The SMILES string of the molecule is CCCCC(CC)COc1ccc(/C(N)=N/O)nc1. The summed E-state index contributed by atoms with van der Waals surface area (Å²) in [7, 11) is 0. The van der Waals surface area contributed by atoms with Crippen LogP contribution >= 0.6 is 0 Å². The van der Waals surface area contributed by atoms with Gasteiger partial charge in [-0.25, -0.2) is 4.98 Å². The number of amidine groups is 1. The van der Waals surface area contributed by atoms with E-state index < -0.39 is 0 Å². The second-order valence-electron chi connectivity index (χ2n) is 4.59. The Morgan fingerprint density at radius 1 is 1.47 bits per heavy atom. The predicted molar refractivity (Wildman–Crippen MR) is 75.5 cm³/mol. The fourth-order valence-corrected chi connectivity index (χ4v) is 1.78. The maximum atomic E-state index is 8.54. The lowest BCUT2D eigenvalue weighted by atomic mass is 10.0. The average Bonchev–Trinajstić information content (AvgIpc) is 2.47. The van der Waals surface area contributed by atoms with Crippen LogP contribution in [0.2, 0.25) is 0 Å². The van der Waals surface area contributed by atoms with Gasteiger partial charge >= 0.3 is 0 Å². The third-order valence-electron chi connectivity index (χ3n) is 3.14. The zero-order chi connectivity index (χ0) is 14.1. The fourth-order valence-electron chi connectivity index (χ4n) is 1.78. The highest BCUT2D eigenvalue weighted by atomic mass is 16.5. The van der Waals surface area contributed by atoms with Crippen LogP contribution in [0.4, 0.5) is 0 Å². The third kappa shape index (κ3) is 5.16. The third-order valence-corrected chi connectivity index (χ3v) is 3.14. The number of rotatable bonds is 8. The zero-order valence-corrected chi connectivity index (χ0v) is 11.7. The maximum absolute atomic E-state index is 8.54. The minimum absolute atomic E-state index is 0.000862. The first kappa shape index (κ1) is 15.3. The summed E-state index contributed by atoms with van der Waals surface area (Å²) in [5.41, 5.74) is 5.88. The largest absolute Gasteiger partial charge is 0.492 e. The molecule has 0 amide bonds. The van der Waals surface area contributed by atoms with Gasteiger partial charge in [0.2, 0.25) is 0 Å². The van der Waals surface area contributed by atoms with Crippen LogP contribution in [0.15, 0.2) is 23.5 Å². The summed E-state index contributed by atoms with van der Waals surface area (Å²) in [6.07, 6.45) is 6.37. The average molecular weight is 265 g/mol. The predicted octanol–water partition coefficient (Wildman–Crippen LogP) is 2.77. The fraction of sp³-hybridized carbons (Fsp3) is 0.571. The van der Waals surface area contributed by atoms with Crippen molar-refractivity contribution in [3.63, 3.8) is 0 Å². The number of pyridine rings is 1. The summed E-state index contributed by atoms with van der Waals surface area (Å²) in [5, 5.41) is 11.4. The molecule has 1 unspecified atom stereocenters. The Morgan fingerprint density at radius 3 is 2.79 bits per heavy atom. The van der Waals surface area contributed by atoms with E-state index in [0.717, 1.165) is 6.42 Å². The van der Waals surface area contributed by atoms with Gasteiger partial charge in [-0.15, -0.1) is 0 Å². The standard InChI is InChI=1S/C14H23N3O2/c1-3-5-6-11(4-2)10-19-12-7-8-13(16-9-12)14(15)17-18/h7-9,11,18H,3-6,10H2,1-2H3,(H2,15,17). The van der Waals surface area contributed by atoms with Crippen molar-refractivity contribution in [2.45, 2.75) is 39.5 Å². The van der Waals surface area contributed by atoms with Crippen LogP contribution in [0.1, 0.15) is 45.2 Å². The molecular weight excluding hydrogens is 242 g/mol. The molecule has 3 N–H and O–H groups in total. The van der Waals surface area contributed by atoms with Gasteiger partial charge in [-0.3, -0.25) is 0 Å². The second kappa shape index (κ2) is 8.34. The molecule has 5 nitrogen and oxygen atoms in total. The van der Waals surface area contributed by atoms with Crippen LogP contribution in [-0.2, 0) is 0 Å². The summed E-state index contributed by atoms with van der Waals surface area (Å²) >= 11 is 0. The molecule has 106 valence electrons. The van der Waals surface area contributed by atoms with E-state index in [1.54, 1.807) is 18.3 Å². The van der Waals surface area contributed by atoms with Crippen LogP contribution in [0.3, 0.4) is 0 Å². The number of aromatic nitrogens is 1. The van der Waals surface area contributed by atoms with Crippen LogP contribution in [-0.4, -0.2) is 22.6 Å². The monoisotopic (exact) mass is 265 g/mol. The smallest absolute Gasteiger partial charge is 0.188 e. The van der Waals surface area contributed by atoms with E-state index >= 15 is 0 Å². The Hall–Kier alpha value is -1.78. The normalized spacial score (nSPS) is 13.3. The van der Waals surface area contributed by atoms with Crippen LogP contribution < -0.4 is 10.5 Å². The summed E-state index contributed by atoms with van der Waals surface area (Å²) in [4.78, 5) is 4.07. The molecule has 0 bridgehead atoms. The van der Waals surface area contributed by atoms with Crippen molar-refractivity contribution in [1.82, 2.24) is 4.98 Å². The van der Waals surface area contributed by atoms with E-state index in [9.17, 15) is 0 Å². The first-order valence-electron chi connectivity index (χ1n) is 6.78. The van der Waals surface area contributed by atoms with Crippen molar-refractivity contribution in [1.29, 1.82) is 0 Å². The molecule has 1 aromatic rings. The Morgan fingerprint density at radius 2 is 2.26 bits per heavy atom. The molecule has 0 aliphatic carbocycles. The van der Waals surface area contributed by atoms with Gasteiger partial charge in [0.1, 0.15) is 11.4 Å². The van der Waals surface area contributed by atoms with Gasteiger partial charge in [0, 0.05) is 0 Å². The molecular formula is C14H23N3O2. The lowest BCUT2D eigenvalue weighted by molar-refractivity contribution is 0.232. The van der Waals surface area contributed by atoms with Gasteiger partial charge in [-0.05, 0) is 24.5 Å². The molecule has 0 radical (unpaired) electrons. The van der Waals surface area contributed by atoms with E-state index in [-0.39, 0.29) is 5.84 Å². The van der Waals surface area contributed by atoms with Gasteiger partial charge in [0.25, 0.3) is 0 Å². The van der Waals surface area contributed by atoms with Gasteiger partial charge in [0.05, 0.1) is 12.8 Å². The first-order chi connectivity index (χ1) is 9.21. The number of hydrogen-bond donors (Lipinski definition) is 2. The topological polar surface area (TPSA) is 80.7 Å². The highest BCUT2D eigenvalue weighted by Gasteiger charge is 2.07. The van der Waals surface area contributed by atoms with Gasteiger partial charge in [-0.1, -0.05) is 38.3 Å². The van der Waals surface area contributed by atoms with Crippen molar-refractivity contribution in [3.05, 3.63) is 24.0 Å².